The normalized spacial score (nSPS) is 10.4. The van der Waals surface area contributed by atoms with Gasteiger partial charge >= 0.3 is 6.16 Å². The molecule has 0 aliphatic carbocycles. The molecule has 6 heteroatoms. The average Bonchev–Trinajstić information content (AvgIpc) is 2.56. The Kier molecular flexibility index (Phi) is 6.04. The summed E-state index contributed by atoms with van der Waals surface area (Å²) in [6, 6.07) is 7.93. The highest BCUT2D eigenvalue weighted by molar-refractivity contribution is 6.31. The highest BCUT2D eigenvalue weighted by Crippen LogP contribution is 2.30. The maximum atomic E-state index is 14.1. The molecule has 4 nitrogen and oxygen atoms in total. The first-order valence-corrected chi connectivity index (χ1v) is 7.79. The second-order valence-corrected chi connectivity index (χ2v) is 5.53. The van der Waals surface area contributed by atoms with E-state index in [2.05, 4.69) is 4.74 Å². The lowest BCUT2D eigenvalue weighted by Crippen LogP contribution is -2.10. The van der Waals surface area contributed by atoms with E-state index < -0.39 is 12.0 Å². The van der Waals surface area contributed by atoms with Gasteiger partial charge in [0.1, 0.15) is 12.4 Å². The molecular formula is C18H18ClFO4. The smallest absolute Gasteiger partial charge is 0.486 e. The molecule has 0 saturated carbocycles. The first kappa shape index (κ1) is 18.1. The minimum Gasteiger partial charge on any atom is -0.486 e. The van der Waals surface area contributed by atoms with Crippen LogP contribution in [0.5, 0.6) is 11.5 Å². The largest absolute Gasteiger partial charge is 0.513 e. The third kappa shape index (κ3) is 4.17. The topological polar surface area (TPSA) is 44.8 Å². The number of hydrogen-bond acceptors (Lipinski definition) is 4. The van der Waals surface area contributed by atoms with Crippen molar-refractivity contribution in [1.29, 1.82) is 0 Å². The van der Waals surface area contributed by atoms with Crippen molar-refractivity contribution in [3.8, 4) is 11.5 Å². The quantitative estimate of drug-likeness (QED) is 0.556. The van der Waals surface area contributed by atoms with E-state index in [4.69, 9.17) is 21.1 Å². The SMILES string of the molecule is CCc1cc(F)c(OCc2c(Cl)cccc2OC(=O)OC)cc1C. The van der Waals surface area contributed by atoms with Gasteiger partial charge in [-0.05, 0) is 48.7 Å². The molecule has 0 amide bonds. The van der Waals surface area contributed by atoms with Crippen molar-refractivity contribution in [1.82, 2.24) is 0 Å². The fraction of sp³-hybridized carbons (Fsp3) is 0.278. The second-order valence-electron chi connectivity index (χ2n) is 5.12. The molecule has 0 aliphatic heterocycles. The Hall–Kier alpha value is -2.27. The lowest BCUT2D eigenvalue weighted by Gasteiger charge is -2.14. The molecule has 2 rings (SSSR count). The zero-order valence-corrected chi connectivity index (χ0v) is 14.4. The van der Waals surface area contributed by atoms with Crippen LogP contribution in [-0.4, -0.2) is 13.3 Å². The Balaban J connectivity index is 2.23. The third-order valence-corrected chi connectivity index (χ3v) is 3.93. The Morgan fingerprint density at radius 3 is 2.67 bits per heavy atom. The molecular weight excluding hydrogens is 335 g/mol. The summed E-state index contributed by atoms with van der Waals surface area (Å²) < 4.78 is 29.2. The Morgan fingerprint density at radius 2 is 2.00 bits per heavy atom. The van der Waals surface area contributed by atoms with Crippen molar-refractivity contribution < 1.29 is 23.4 Å². The van der Waals surface area contributed by atoms with Crippen LogP contribution in [0.1, 0.15) is 23.6 Å². The van der Waals surface area contributed by atoms with Crippen molar-refractivity contribution in [2.45, 2.75) is 26.9 Å². The van der Waals surface area contributed by atoms with E-state index in [-0.39, 0.29) is 18.1 Å². The van der Waals surface area contributed by atoms with Gasteiger partial charge in [0.15, 0.2) is 11.6 Å². The molecule has 0 heterocycles. The summed E-state index contributed by atoms with van der Waals surface area (Å²) in [5.41, 5.74) is 2.30. The highest BCUT2D eigenvalue weighted by Gasteiger charge is 2.15. The molecule has 0 aromatic heterocycles. The molecule has 0 bridgehead atoms. The van der Waals surface area contributed by atoms with Gasteiger partial charge in [-0.1, -0.05) is 24.6 Å². The van der Waals surface area contributed by atoms with E-state index in [1.165, 1.54) is 13.2 Å². The molecule has 0 spiro atoms. The number of rotatable bonds is 5. The molecule has 128 valence electrons. The van der Waals surface area contributed by atoms with Crippen LogP contribution in [0.2, 0.25) is 5.02 Å². The number of carbonyl (C=O) groups is 1. The molecule has 2 aromatic carbocycles. The minimum absolute atomic E-state index is 0.0478. The fourth-order valence-electron chi connectivity index (χ4n) is 2.24. The van der Waals surface area contributed by atoms with Crippen LogP contribution in [0.4, 0.5) is 9.18 Å². The summed E-state index contributed by atoms with van der Waals surface area (Å²) in [6.07, 6.45) is -0.127. The van der Waals surface area contributed by atoms with E-state index in [9.17, 15) is 9.18 Å². The van der Waals surface area contributed by atoms with Crippen LogP contribution in [-0.2, 0) is 17.8 Å². The molecule has 0 unspecified atom stereocenters. The van der Waals surface area contributed by atoms with E-state index in [1.807, 2.05) is 13.8 Å². The summed E-state index contributed by atoms with van der Waals surface area (Å²) in [4.78, 5) is 11.3. The summed E-state index contributed by atoms with van der Waals surface area (Å²) >= 11 is 6.14. The maximum Gasteiger partial charge on any atom is 0.513 e. The van der Waals surface area contributed by atoms with Gasteiger partial charge in [-0.2, -0.15) is 0 Å². The average molecular weight is 353 g/mol. The monoisotopic (exact) mass is 352 g/mol. The molecule has 0 radical (unpaired) electrons. The van der Waals surface area contributed by atoms with Gasteiger partial charge in [0.05, 0.1) is 17.7 Å². The molecule has 24 heavy (non-hydrogen) atoms. The maximum absolute atomic E-state index is 14.1. The lowest BCUT2D eigenvalue weighted by molar-refractivity contribution is 0.120. The third-order valence-electron chi connectivity index (χ3n) is 3.58. The number of methoxy groups -OCH3 is 1. The van der Waals surface area contributed by atoms with Gasteiger partial charge in [0.25, 0.3) is 0 Å². The first-order valence-electron chi connectivity index (χ1n) is 7.41. The fourth-order valence-corrected chi connectivity index (χ4v) is 2.46. The summed E-state index contributed by atoms with van der Waals surface area (Å²) in [7, 11) is 1.20. The van der Waals surface area contributed by atoms with Crippen molar-refractivity contribution in [3.05, 3.63) is 57.9 Å². The Labute approximate surface area is 145 Å². The molecule has 0 N–H and O–H groups in total. The summed E-state index contributed by atoms with van der Waals surface area (Å²) in [5.74, 6) is -0.120. The van der Waals surface area contributed by atoms with Crippen LogP contribution in [0.3, 0.4) is 0 Å². The van der Waals surface area contributed by atoms with E-state index in [1.54, 1.807) is 24.3 Å². The highest BCUT2D eigenvalue weighted by atomic mass is 35.5. The van der Waals surface area contributed by atoms with Gasteiger partial charge in [-0.3, -0.25) is 0 Å². The van der Waals surface area contributed by atoms with E-state index in [0.29, 0.717) is 10.6 Å². The van der Waals surface area contributed by atoms with Crippen LogP contribution in [0.25, 0.3) is 0 Å². The predicted molar refractivity (Wildman–Crippen MR) is 89.3 cm³/mol. The van der Waals surface area contributed by atoms with Crippen LogP contribution in [0.15, 0.2) is 30.3 Å². The lowest BCUT2D eigenvalue weighted by atomic mass is 10.1. The van der Waals surface area contributed by atoms with E-state index in [0.717, 1.165) is 17.5 Å². The minimum atomic E-state index is -0.868. The molecule has 0 fully saturated rings. The van der Waals surface area contributed by atoms with Crippen LogP contribution >= 0.6 is 11.6 Å². The van der Waals surface area contributed by atoms with Crippen molar-refractivity contribution in [2.24, 2.45) is 0 Å². The molecule has 2 aromatic rings. The number of halogens is 2. The van der Waals surface area contributed by atoms with Crippen LogP contribution in [0, 0.1) is 12.7 Å². The van der Waals surface area contributed by atoms with Gasteiger partial charge < -0.3 is 14.2 Å². The van der Waals surface area contributed by atoms with Gasteiger partial charge in [-0.25, -0.2) is 9.18 Å². The van der Waals surface area contributed by atoms with Gasteiger partial charge in [-0.15, -0.1) is 0 Å². The Morgan fingerprint density at radius 1 is 1.25 bits per heavy atom. The molecule has 0 atom stereocenters. The molecule has 0 saturated heterocycles. The predicted octanol–water partition coefficient (Wildman–Crippen LogP) is 5.07. The molecule has 0 aliphatic rings. The Bertz CT molecular complexity index is 746. The number of ether oxygens (including phenoxy) is 3. The van der Waals surface area contributed by atoms with Crippen LogP contribution < -0.4 is 9.47 Å². The van der Waals surface area contributed by atoms with Crippen molar-refractivity contribution >= 4 is 17.8 Å². The van der Waals surface area contributed by atoms with Crippen molar-refractivity contribution in [3.63, 3.8) is 0 Å². The number of hydrogen-bond donors (Lipinski definition) is 0. The van der Waals surface area contributed by atoms with Crippen molar-refractivity contribution in [2.75, 3.05) is 7.11 Å². The standard InChI is InChI=1S/C18H18ClFO4/c1-4-12-9-15(20)17(8-11(12)2)23-10-13-14(19)6-5-7-16(13)24-18(21)22-3/h5-9H,4,10H2,1-3H3. The zero-order chi connectivity index (χ0) is 17.7. The van der Waals surface area contributed by atoms with Gasteiger partial charge in [0.2, 0.25) is 0 Å². The first-order chi connectivity index (χ1) is 11.5. The summed E-state index contributed by atoms with van der Waals surface area (Å²) in [6.45, 7) is 3.81. The van der Waals surface area contributed by atoms with Gasteiger partial charge in [0, 0.05) is 0 Å². The second kappa shape index (κ2) is 8.02. The number of aryl methyl sites for hydroxylation is 2. The summed E-state index contributed by atoms with van der Waals surface area (Å²) in [5, 5.41) is 0.346. The number of benzene rings is 2. The zero-order valence-electron chi connectivity index (χ0n) is 13.7. The van der Waals surface area contributed by atoms with E-state index >= 15 is 0 Å². The number of carbonyl (C=O) groups excluding carboxylic acids is 1.